The van der Waals surface area contributed by atoms with Gasteiger partial charge in [-0.05, 0) is 116 Å². The van der Waals surface area contributed by atoms with Crippen molar-refractivity contribution in [3.63, 3.8) is 0 Å². The Bertz CT molecular complexity index is 1870. The van der Waals surface area contributed by atoms with Crippen molar-refractivity contribution in [2.24, 2.45) is 11.3 Å². The van der Waals surface area contributed by atoms with Gasteiger partial charge in [0.05, 0.1) is 38.1 Å². The Hall–Kier alpha value is -4.65. The van der Waals surface area contributed by atoms with Crippen LogP contribution in [-0.2, 0) is 11.2 Å². The lowest BCUT2D eigenvalue weighted by molar-refractivity contribution is 0.0318. The number of hydrogen-bond donors (Lipinski definition) is 0. The number of esters is 1. The third-order valence-corrected chi connectivity index (χ3v) is 9.43. The van der Waals surface area contributed by atoms with Gasteiger partial charge in [0.25, 0.3) is 0 Å². The van der Waals surface area contributed by atoms with Crippen molar-refractivity contribution < 1.29 is 28.5 Å². The molecule has 5 rings (SSSR count). The first-order valence-electron chi connectivity index (χ1n) is 16.0. The fourth-order valence-corrected chi connectivity index (χ4v) is 6.47. The van der Waals surface area contributed by atoms with Crippen molar-refractivity contribution in [3.8, 4) is 17.2 Å². The summed E-state index contributed by atoms with van der Waals surface area (Å²) in [6, 6.07) is 15.3. The van der Waals surface area contributed by atoms with Crippen molar-refractivity contribution in [1.29, 1.82) is 0 Å². The molecule has 47 heavy (non-hydrogen) atoms. The Morgan fingerprint density at radius 2 is 1.51 bits per heavy atom. The number of carbonyl (C=O) groups excluding carboxylic acids is 2. The Kier molecular flexibility index (Phi) is 9.48. The average molecular weight is 636 g/mol. The molecule has 0 N–H and O–H groups in total. The van der Waals surface area contributed by atoms with Gasteiger partial charge in [-0.2, -0.15) is 0 Å². The van der Waals surface area contributed by atoms with Gasteiger partial charge in [0.2, 0.25) is 11.5 Å². The summed E-state index contributed by atoms with van der Waals surface area (Å²) in [7, 11) is 4.77. The average Bonchev–Trinajstić information content (AvgIpc) is 3.03. The highest BCUT2D eigenvalue weighted by molar-refractivity contribution is 6.08. The summed E-state index contributed by atoms with van der Waals surface area (Å²) in [6.45, 7) is 14.2. The van der Waals surface area contributed by atoms with E-state index in [0.29, 0.717) is 45.7 Å². The number of rotatable bonds is 8. The van der Waals surface area contributed by atoms with E-state index in [1.807, 2.05) is 69.3 Å². The van der Waals surface area contributed by atoms with Gasteiger partial charge in [0.15, 0.2) is 17.6 Å². The molecule has 1 aliphatic rings. The summed E-state index contributed by atoms with van der Waals surface area (Å²) in [5.74, 6) is 1.08. The second-order valence-corrected chi connectivity index (χ2v) is 13.6. The maximum atomic E-state index is 14.3. The molecule has 1 aromatic heterocycles. The first-order chi connectivity index (χ1) is 22.3. The van der Waals surface area contributed by atoms with Crippen LogP contribution in [0, 0.1) is 32.1 Å². The maximum absolute atomic E-state index is 14.3. The number of aromatic nitrogens is 1. The zero-order valence-electron chi connectivity index (χ0n) is 29.2. The Labute approximate surface area is 277 Å². The predicted octanol–water partition coefficient (Wildman–Crippen LogP) is 8.76. The van der Waals surface area contributed by atoms with Gasteiger partial charge in [-0.3, -0.25) is 4.79 Å². The van der Waals surface area contributed by atoms with E-state index in [2.05, 4.69) is 26.8 Å². The number of benzene rings is 3. The maximum Gasteiger partial charge on any atom is 0.339 e. The van der Waals surface area contributed by atoms with E-state index in [-0.39, 0.29) is 17.1 Å². The number of ketones is 1. The minimum absolute atomic E-state index is 0.0665. The number of pyridine rings is 1. The fraction of sp³-hybridized carbons (Fsp3) is 0.375. The lowest BCUT2D eigenvalue weighted by Gasteiger charge is -2.37. The topological polar surface area (TPSA) is 84.0 Å². The van der Waals surface area contributed by atoms with E-state index in [1.165, 1.54) is 0 Å². The highest BCUT2D eigenvalue weighted by Crippen LogP contribution is 2.46. The second-order valence-electron chi connectivity index (χ2n) is 13.6. The molecule has 0 unspecified atom stereocenters. The van der Waals surface area contributed by atoms with E-state index in [0.717, 1.165) is 45.5 Å². The van der Waals surface area contributed by atoms with E-state index in [4.69, 9.17) is 23.9 Å². The number of aryl methyl sites for hydroxylation is 3. The normalized spacial score (nSPS) is 16.0. The lowest BCUT2D eigenvalue weighted by Crippen LogP contribution is -2.30. The van der Waals surface area contributed by atoms with Gasteiger partial charge in [0, 0.05) is 10.9 Å². The third-order valence-electron chi connectivity index (χ3n) is 9.43. The quantitative estimate of drug-likeness (QED) is 0.141. The van der Waals surface area contributed by atoms with Gasteiger partial charge in [-0.25, -0.2) is 9.78 Å². The number of ether oxygens (including phenoxy) is 4. The van der Waals surface area contributed by atoms with Gasteiger partial charge < -0.3 is 18.9 Å². The van der Waals surface area contributed by atoms with Crippen LogP contribution in [0.2, 0.25) is 0 Å². The summed E-state index contributed by atoms with van der Waals surface area (Å²) >= 11 is 0. The van der Waals surface area contributed by atoms with Crippen molar-refractivity contribution >= 4 is 34.3 Å². The van der Waals surface area contributed by atoms with Crippen molar-refractivity contribution in [3.05, 3.63) is 93.2 Å². The number of methoxy groups -OCH3 is 3. The fourth-order valence-electron chi connectivity index (χ4n) is 6.47. The largest absolute Gasteiger partial charge is 0.493 e. The minimum atomic E-state index is -0.970. The number of hydrogen-bond acceptors (Lipinski definition) is 7. The van der Waals surface area contributed by atoms with E-state index in [9.17, 15) is 9.59 Å². The van der Waals surface area contributed by atoms with Crippen LogP contribution in [0.5, 0.6) is 17.2 Å². The van der Waals surface area contributed by atoms with Crippen molar-refractivity contribution in [2.75, 3.05) is 21.3 Å². The molecule has 0 fully saturated rings. The molecule has 0 aliphatic heterocycles. The molecule has 0 saturated heterocycles. The molecular weight excluding hydrogens is 590 g/mol. The molecule has 2 atom stereocenters. The summed E-state index contributed by atoms with van der Waals surface area (Å²) < 4.78 is 22.8. The van der Waals surface area contributed by atoms with Gasteiger partial charge in [-0.15, -0.1) is 0 Å². The van der Waals surface area contributed by atoms with E-state index >= 15 is 0 Å². The molecule has 7 heteroatoms. The molecule has 3 aromatic carbocycles. The number of fused-ring (bicyclic) bond motifs is 2. The van der Waals surface area contributed by atoms with Crippen molar-refractivity contribution in [1.82, 2.24) is 4.98 Å². The summed E-state index contributed by atoms with van der Waals surface area (Å²) in [6.07, 6.45) is 2.52. The third kappa shape index (κ3) is 6.62. The van der Waals surface area contributed by atoms with Crippen LogP contribution in [0.1, 0.15) is 88.3 Å². The highest BCUT2D eigenvalue weighted by atomic mass is 16.5. The van der Waals surface area contributed by atoms with Crippen LogP contribution in [0.25, 0.3) is 22.6 Å². The number of para-hydroxylation sites is 1. The zero-order valence-corrected chi connectivity index (χ0v) is 29.2. The molecule has 1 heterocycles. The predicted molar refractivity (Wildman–Crippen MR) is 187 cm³/mol. The second kappa shape index (κ2) is 13.2. The molecular formula is C40H45NO6. The monoisotopic (exact) mass is 635 g/mol. The smallest absolute Gasteiger partial charge is 0.339 e. The number of carbonyl (C=O) groups is 2. The van der Waals surface area contributed by atoms with Crippen LogP contribution < -0.4 is 14.2 Å². The van der Waals surface area contributed by atoms with Crippen LogP contribution in [-0.4, -0.2) is 44.2 Å². The van der Waals surface area contributed by atoms with Crippen molar-refractivity contribution in [2.45, 2.75) is 67.4 Å². The molecule has 0 bridgehead atoms. The molecule has 0 saturated carbocycles. The molecule has 0 radical (unpaired) electrons. The molecule has 0 spiro atoms. The van der Waals surface area contributed by atoms with Gasteiger partial charge >= 0.3 is 5.97 Å². The Morgan fingerprint density at radius 3 is 2.13 bits per heavy atom. The molecule has 0 amide bonds. The highest BCUT2D eigenvalue weighted by Gasteiger charge is 2.36. The van der Waals surface area contributed by atoms with Crippen LogP contribution >= 0.6 is 0 Å². The van der Waals surface area contributed by atoms with E-state index in [1.54, 1.807) is 28.3 Å². The number of nitrogens with zero attached hydrogens (tertiary/aromatic N) is 1. The van der Waals surface area contributed by atoms with Crippen LogP contribution in [0.4, 0.5) is 0 Å². The van der Waals surface area contributed by atoms with Gasteiger partial charge in [-0.1, -0.05) is 45.0 Å². The Morgan fingerprint density at radius 1 is 0.872 bits per heavy atom. The summed E-state index contributed by atoms with van der Waals surface area (Å²) in [4.78, 5) is 33.0. The van der Waals surface area contributed by atoms with E-state index < -0.39 is 12.1 Å². The van der Waals surface area contributed by atoms with Crippen LogP contribution in [0.3, 0.4) is 0 Å². The first-order valence-corrected chi connectivity index (χ1v) is 16.0. The summed E-state index contributed by atoms with van der Waals surface area (Å²) in [5.41, 5.74) is 8.10. The molecule has 4 aromatic rings. The van der Waals surface area contributed by atoms with Gasteiger partial charge in [0.1, 0.15) is 0 Å². The standard InChI is InChI=1S/C40H45NO6/c1-22-15-24(3)30(16-23(22)2)37(42)25(4)47-39(43)35-29-13-11-12-14-32(29)41-36-27(20-28(21-31(35)36)40(5,6)7)17-26-18-33(44-8)38(46-10)34(19-26)45-9/h11-19,25,28H,20-21H2,1-10H3/b27-17+/t25-,28-/m0/s1. The molecule has 246 valence electrons. The number of allylic oxidation sites excluding steroid dienone is 1. The number of Topliss-reactive ketones (excluding diaryl/α,β-unsaturated/α-hetero) is 1. The molecule has 7 nitrogen and oxygen atoms in total. The lowest BCUT2D eigenvalue weighted by atomic mass is 9.69. The summed E-state index contributed by atoms with van der Waals surface area (Å²) in [5, 5.41) is 0.708. The molecule has 1 aliphatic carbocycles. The minimum Gasteiger partial charge on any atom is -0.493 e. The SMILES string of the molecule is COc1cc(/C=C2\C[C@H](C(C)(C)C)Cc3c2nc2ccccc2c3C(=O)O[C@@H](C)C(=O)c2cc(C)c(C)cc2C)cc(OC)c1OC. The first kappa shape index (κ1) is 33.7. The van der Waals surface area contributed by atoms with Crippen LogP contribution in [0.15, 0.2) is 48.5 Å². The zero-order chi connectivity index (χ0) is 34.2. The Balaban J connectivity index is 1.65.